The second kappa shape index (κ2) is 4.85. The van der Waals surface area contributed by atoms with E-state index in [1.165, 1.54) is 0 Å². The predicted molar refractivity (Wildman–Crippen MR) is 70.7 cm³/mol. The Labute approximate surface area is 112 Å². The van der Waals surface area contributed by atoms with Gasteiger partial charge in [-0.1, -0.05) is 12.1 Å². The molecule has 2 bridgehead atoms. The maximum absolute atomic E-state index is 11.4. The largest absolute Gasteiger partial charge is 0.508 e. The van der Waals surface area contributed by atoms with Crippen molar-refractivity contribution in [1.82, 2.24) is 5.32 Å². The molecular formula is C15H19NO3. The lowest BCUT2D eigenvalue weighted by molar-refractivity contribution is -0.144. The van der Waals surface area contributed by atoms with Gasteiger partial charge in [0.15, 0.2) is 0 Å². The molecule has 2 aliphatic carbocycles. The molecule has 2 fully saturated rings. The quantitative estimate of drug-likeness (QED) is 0.775. The molecule has 0 radical (unpaired) electrons. The molecule has 0 spiro atoms. The van der Waals surface area contributed by atoms with E-state index in [9.17, 15) is 15.0 Å². The van der Waals surface area contributed by atoms with Crippen LogP contribution in [0.3, 0.4) is 0 Å². The molecule has 0 amide bonds. The van der Waals surface area contributed by atoms with Crippen LogP contribution in [-0.2, 0) is 11.3 Å². The number of carbonyl (C=O) groups is 1. The maximum atomic E-state index is 11.4. The highest BCUT2D eigenvalue weighted by Crippen LogP contribution is 2.48. The second-order valence-electron chi connectivity index (χ2n) is 5.77. The second-order valence-corrected chi connectivity index (χ2v) is 5.77. The van der Waals surface area contributed by atoms with Crippen molar-refractivity contribution >= 4 is 5.97 Å². The average molecular weight is 261 g/mol. The Hall–Kier alpha value is -1.55. The van der Waals surface area contributed by atoms with E-state index in [4.69, 9.17) is 0 Å². The van der Waals surface area contributed by atoms with Gasteiger partial charge >= 0.3 is 5.97 Å². The molecule has 0 aliphatic heterocycles. The van der Waals surface area contributed by atoms with Crippen LogP contribution in [0, 0.1) is 17.8 Å². The molecule has 4 unspecified atom stereocenters. The number of fused-ring (bicyclic) bond motifs is 2. The fourth-order valence-electron chi connectivity index (χ4n) is 3.79. The Morgan fingerprint density at radius 3 is 2.58 bits per heavy atom. The molecule has 0 saturated heterocycles. The molecule has 3 rings (SSSR count). The maximum Gasteiger partial charge on any atom is 0.308 e. The van der Waals surface area contributed by atoms with Gasteiger partial charge in [0.05, 0.1) is 5.92 Å². The fourth-order valence-corrected chi connectivity index (χ4v) is 3.79. The van der Waals surface area contributed by atoms with E-state index in [1.807, 2.05) is 12.1 Å². The first-order valence-corrected chi connectivity index (χ1v) is 6.89. The van der Waals surface area contributed by atoms with Crippen LogP contribution >= 0.6 is 0 Å². The first-order valence-electron chi connectivity index (χ1n) is 6.89. The van der Waals surface area contributed by atoms with Crippen molar-refractivity contribution in [3.63, 3.8) is 0 Å². The number of carboxylic acids is 1. The summed E-state index contributed by atoms with van der Waals surface area (Å²) in [4.78, 5) is 11.4. The normalized spacial score (nSPS) is 32.6. The minimum absolute atomic E-state index is 0.102. The number of benzene rings is 1. The van der Waals surface area contributed by atoms with E-state index in [2.05, 4.69) is 5.32 Å². The number of rotatable bonds is 4. The lowest BCUT2D eigenvalue weighted by Gasteiger charge is -2.29. The average Bonchev–Trinajstić information content (AvgIpc) is 2.98. The molecular weight excluding hydrogens is 242 g/mol. The van der Waals surface area contributed by atoms with Gasteiger partial charge in [0.1, 0.15) is 5.75 Å². The van der Waals surface area contributed by atoms with Gasteiger partial charge in [-0.25, -0.2) is 0 Å². The summed E-state index contributed by atoms with van der Waals surface area (Å²) in [5.74, 6) is 0.251. The molecule has 4 atom stereocenters. The first kappa shape index (κ1) is 12.5. The Bertz CT molecular complexity index is 471. The zero-order valence-corrected chi connectivity index (χ0v) is 10.7. The monoisotopic (exact) mass is 261 g/mol. The first-order chi connectivity index (χ1) is 9.15. The van der Waals surface area contributed by atoms with Gasteiger partial charge in [-0.3, -0.25) is 4.79 Å². The van der Waals surface area contributed by atoms with Gasteiger partial charge in [0.25, 0.3) is 0 Å². The minimum Gasteiger partial charge on any atom is -0.508 e. The molecule has 19 heavy (non-hydrogen) atoms. The zero-order chi connectivity index (χ0) is 13.4. The molecule has 2 saturated carbocycles. The van der Waals surface area contributed by atoms with Crippen molar-refractivity contribution in [2.45, 2.75) is 31.8 Å². The van der Waals surface area contributed by atoms with Crippen LogP contribution in [0.4, 0.5) is 0 Å². The van der Waals surface area contributed by atoms with Gasteiger partial charge < -0.3 is 15.5 Å². The zero-order valence-electron chi connectivity index (χ0n) is 10.7. The summed E-state index contributed by atoms with van der Waals surface area (Å²) in [5, 5.41) is 22.0. The number of hydrogen-bond donors (Lipinski definition) is 3. The molecule has 1 aromatic carbocycles. The highest BCUT2D eigenvalue weighted by atomic mass is 16.4. The van der Waals surface area contributed by atoms with Crippen LogP contribution in [0.2, 0.25) is 0 Å². The molecule has 0 aromatic heterocycles. The van der Waals surface area contributed by atoms with Gasteiger partial charge in [0.2, 0.25) is 0 Å². The van der Waals surface area contributed by atoms with Crippen molar-refractivity contribution < 1.29 is 15.0 Å². The summed E-state index contributed by atoms with van der Waals surface area (Å²) in [6.07, 6.45) is 3.28. The van der Waals surface area contributed by atoms with Crippen LogP contribution in [0.5, 0.6) is 5.75 Å². The van der Waals surface area contributed by atoms with Crippen LogP contribution in [0.15, 0.2) is 24.3 Å². The Balaban J connectivity index is 1.65. The molecule has 4 heteroatoms. The van der Waals surface area contributed by atoms with E-state index in [-0.39, 0.29) is 17.7 Å². The number of aromatic hydroxyl groups is 1. The summed E-state index contributed by atoms with van der Waals surface area (Å²) in [6.45, 7) is 0.665. The lowest BCUT2D eigenvalue weighted by atomic mass is 9.84. The van der Waals surface area contributed by atoms with Crippen molar-refractivity contribution in [3.8, 4) is 5.75 Å². The number of nitrogens with one attached hydrogen (secondary N) is 1. The van der Waals surface area contributed by atoms with E-state index in [0.717, 1.165) is 24.8 Å². The molecule has 1 aromatic rings. The number of phenolic OH excluding ortho intramolecular Hbond substituents is 1. The summed E-state index contributed by atoms with van der Waals surface area (Å²) in [5.41, 5.74) is 1.07. The Morgan fingerprint density at radius 1 is 1.21 bits per heavy atom. The number of carboxylic acid groups (broad SMARTS) is 1. The summed E-state index contributed by atoms with van der Waals surface area (Å²) < 4.78 is 0. The number of hydrogen-bond acceptors (Lipinski definition) is 3. The minimum atomic E-state index is -0.657. The third-order valence-corrected chi connectivity index (χ3v) is 4.68. The standard InChI is InChI=1S/C15H19NO3/c17-12-5-1-9(2-6-12)8-16-14-11-4-3-10(7-11)13(14)15(18)19/h1-2,5-6,10-11,13-14,16-17H,3-4,7-8H2,(H,18,19). The Morgan fingerprint density at radius 2 is 1.89 bits per heavy atom. The van der Waals surface area contributed by atoms with Gasteiger partial charge in [-0.2, -0.15) is 0 Å². The van der Waals surface area contributed by atoms with E-state index >= 15 is 0 Å². The van der Waals surface area contributed by atoms with E-state index in [1.54, 1.807) is 12.1 Å². The van der Waals surface area contributed by atoms with Crippen molar-refractivity contribution in [2.24, 2.45) is 17.8 Å². The van der Waals surface area contributed by atoms with Gasteiger partial charge in [0, 0.05) is 12.6 Å². The van der Waals surface area contributed by atoms with Crippen LogP contribution < -0.4 is 5.32 Å². The van der Waals surface area contributed by atoms with Crippen molar-refractivity contribution in [1.29, 1.82) is 0 Å². The number of aliphatic carboxylic acids is 1. The van der Waals surface area contributed by atoms with Gasteiger partial charge in [-0.05, 0) is 48.8 Å². The molecule has 102 valence electrons. The van der Waals surface area contributed by atoms with Crippen LogP contribution in [0.1, 0.15) is 24.8 Å². The summed E-state index contributed by atoms with van der Waals surface area (Å²) in [7, 11) is 0. The predicted octanol–water partition coefficient (Wildman–Crippen LogP) is 1.98. The third-order valence-electron chi connectivity index (χ3n) is 4.68. The third kappa shape index (κ3) is 2.32. The molecule has 0 heterocycles. The number of phenols is 1. The lowest BCUT2D eigenvalue weighted by Crippen LogP contribution is -2.43. The molecule has 3 N–H and O–H groups in total. The Kier molecular flexibility index (Phi) is 3.19. The summed E-state index contributed by atoms with van der Waals surface area (Å²) >= 11 is 0. The van der Waals surface area contributed by atoms with E-state index in [0.29, 0.717) is 18.4 Å². The van der Waals surface area contributed by atoms with Crippen molar-refractivity contribution in [2.75, 3.05) is 0 Å². The smallest absolute Gasteiger partial charge is 0.308 e. The van der Waals surface area contributed by atoms with Gasteiger partial charge in [-0.15, -0.1) is 0 Å². The van der Waals surface area contributed by atoms with Crippen molar-refractivity contribution in [3.05, 3.63) is 29.8 Å². The van der Waals surface area contributed by atoms with Crippen LogP contribution in [0.25, 0.3) is 0 Å². The molecule has 2 aliphatic rings. The highest BCUT2D eigenvalue weighted by molar-refractivity contribution is 5.72. The molecule has 4 nitrogen and oxygen atoms in total. The van der Waals surface area contributed by atoms with E-state index < -0.39 is 5.97 Å². The SMILES string of the molecule is O=C(O)C1C2CCC(C2)C1NCc1ccc(O)cc1. The fraction of sp³-hybridized carbons (Fsp3) is 0.533. The highest BCUT2D eigenvalue weighted by Gasteiger charge is 2.50. The van der Waals surface area contributed by atoms with Crippen LogP contribution in [-0.4, -0.2) is 22.2 Å². The summed E-state index contributed by atoms with van der Waals surface area (Å²) in [6, 6.07) is 7.15. The topological polar surface area (TPSA) is 69.6 Å².